The molecule has 0 aromatic carbocycles. The number of amides is 1. The van der Waals surface area contributed by atoms with Crippen LogP contribution in [0.5, 0.6) is 0 Å². The van der Waals surface area contributed by atoms with Crippen molar-refractivity contribution in [2.45, 2.75) is 19.4 Å². The van der Waals surface area contributed by atoms with E-state index >= 15 is 0 Å². The molecule has 1 aromatic heterocycles. The van der Waals surface area contributed by atoms with Crippen LogP contribution in [0.2, 0.25) is 0 Å². The van der Waals surface area contributed by atoms with Gasteiger partial charge in [-0.2, -0.15) is 0 Å². The van der Waals surface area contributed by atoms with Crippen LogP contribution < -0.4 is 5.32 Å². The van der Waals surface area contributed by atoms with Gasteiger partial charge in [-0.1, -0.05) is 6.07 Å². The first-order chi connectivity index (χ1) is 7.99. The van der Waals surface area contributed by atoms with Crippen LogP contribution in [0.1, 0.15) is 12.0 Å². The van der Waals surface area contributed by atoms with Gasteiger partial charge in [-0.3, -0.25) is 4.79 Å². The van der Waals surface area contributed by atoms with E-state index < -0.39 is 12.0 Å². The van der Waals surface area contributed by atoms with E-state index in [0.717, 1.165) is 5.56 Å². The Labute approximate surface area is 101 Å². The Balaban J connectivity index is 2.45. The van der Waals surface area contributed by atoms with Crippen molar-refractivity contribution >= 4 is 11.7 Å². The molecule has 0 fully saturated rings. The fourth-order valence-corrected chi connectivity index (χ4v) is 1.26. The molecule has 1 atom stereocenters. The van der Waals surface area contributed by atoms with Crippen LogP contribution in [0, 0.1) is 6.92 Å². The third-order valence-corrected chi connectivity index (χ3v) is 2.32. The molecule has 5 nitrogen and oxygen atoms in total. The highest BCUT2D eigenvalue weighted by Crippen LogP contribution is 2.05. The largest absolute Gasteiger partial charge is 0.383 e. The van der Waals surface area contributed by atoms with E-state index in [1.165, 1.54) is 0 Å². The van der Waals surface area contributed by atoms with Crippen molar-refractivity contribution in [1.82, 2.24) is 9.88 Å². The molecule has 0 spiro atoms. The molecule has 0 saturated heterocycles. The number of aryl methyl sites for hydroxylation is 1. The van der Waals surface area contributed by atoms with Crippen molar-refractivity contribution in [3.63, 3.8) is 0 Å². The number of nitrogens with one attached hydrogen (secondary N) is 1. The summed E-state index contributed by atoms with van der Waals surface area (Å²) in [6.07, 6.45) is 1.08. The van der Waals surface area contributed by atoms with Gasteiger partial charge in [0.05, 0.1) is 0 Å². The molecule has 1 rings (SSSR count). The van der Waals surface area contributed by atoms with E-state index in [4.69, 9.17) is 0 Å². The summed E-state index contributed by atoms with van der Waals surface area (Å²) in [5, 5.41) is 12.2. The number of rotatable bonds is 5. The zero-order valence-electron chi connectivity index (χ0n) is 10.5. The molecule has 1 unspecified atom stereocenters. The van der Waals surface area contributed by atoms with Crippen molar-refractivity contribution in [2.24, 2.45) is 0 Å². The zero-order valence-corrected chi connectivity index (χ0v) is 10.5. The third-order valence-electron chi connectivity index (χ3n) is 2.32. The summed E-state index contributed by atoms with van der Waals surface area (Å²) in [5.74, 6) is 0.0488. The Hall–Kier alpha value is -1.46. The molecular formula is C12H19N3O2. The molecule has 1 amide bonds. The summed E-state index contributed by atoms with van der Waals surface area (Å²) in [4.78, 5) is 17.5. The molecule has 1 heterocycles. The van der Waals surface area contributed by atoms with E-state index in [1.54, 1.807) is 12.3 Å². The lowest BCUT2D eigenvalue weighted by Crippen LogP contribution is -2.31. The minimum Gasteiger partial charge on any atom is -0.383 e. The van der Waals surface area contributed by atoms with E-state index in [9.17, 15) is 9.90 Å². The molecule has 0 aliphatic heterocycles. The number of aliphatic hydroxyl groups excluding tert-OH is 1. The minimum atomic E-state index is -1.000. The highest BCUT2D eigenvalue weighted by atomic mass is 16.3. The van der Waals surface area contributed by atoms with Crippen molar-refractivity contribution in [3.8, 4) is 0 Å². The van der Waals surface area contributed by atoms with Gasteiger partial charge in [0.25, 0.3) is 5.91 Å². The minimum absolute atomic E-state index is 0.407. The summed E-state index contributed by atoms with van der Waals surface area (Å²) in [6.45, 7) is 2.58. The second kappa shape index (κ2) is 6.32. The molecule has 0 radical (unpaired) electrons. The van der Waals surface area contributed by atoms with Crippen molar-refractivity contribution in [2.75, 3.05) is 26.0 Å². The van der Waals surface area contributed by atoms with E-state index in [1.807, 2.05) is 32.0 Å². The quantitative estimate of drug-likeness (QED) is 0.789. The smallest absolute Gasteiger partial charge is 0.254 e. The first-order valence-electron chi connectivity index (χ1n) is 5.55. The van der Waals surface area contributed by atoms with Crippen LogP contribution in [-0.2, 0) is 4.79 Å². The summed E-state index contributed by atoms with van der Waals surface area (Å²) in [6, 6.07) is 3.57. The lowest BCUT2D eigenvalue weighted by molar-refractivity contribution is -0.124. The number of nitrogens with zero attached hydrogens (tertiary/aromatic N) is 2. The number of hydrogen-bond donors (Lipinski definition) is 2. The molecule has 94 valence electrons. The molecule has 1 aromatic rings. The number of aliphatic hydroxyl groups is 1. The predicted octanol–water partition coefficient (Wildman–Crippen LogP) is 0.641. The highest BCUT2D eigenvalue weighted by molar-refractivity contribution is 5.93. The first kappa shape index (κ1) is 13.6. The number of carbonyl (C=O) groups is 1. The maximum absolute atomic E-state index is 11.6. The molecular weight excluding hydrogens is 218 g/mol. The summed E-state index contributed by atoms with van der Waals surface area (Å²) in [5.41, 5.74) is 1.02. The topological polar surface area (TPSA) is 65.5 Å². The van der Waals surface area contributed by atoms with Gasteiger partial charge >= 0.3 is 0 Å². The molecule has 0 saturated carbocycles. The summed E-state index contributed by atoms with van der Waals surface area (Å²) < 4.78 is 0. The molecule has 0 bridgehead atoms. The van der Waals surface area contributed by atoms with Gasteiger partial charge in [0.15, 0.2) is 0 Å². The Kier molecular flexibility index (Phi) is 5.06. The van der Waals surface area contributed by atoms with Crippen LogP contribution in [0.25, 0.3) is 0 Å². The van der Waals surface area contributed by atoms with Crippen LogP contribution in [-0.4, -0.2) is 47.6 Å². The normalized spacial score (nSPS) is 12.5. The molecule has 5 heteroatoms. The van der Waals surface area contributed by atoms with E-state index in [2.05, 4.69) is 10.3 Å². The summed E-state index contributed by atoms with van der Waals surface area (Å²) in [7, 11) is 3.79. The lowest BCUT2D eigenvalue weighted by Gasteiger charge is -2.14. The van der Waals surface area contributed by atoms with Crippen molar-refractivity contribution in [3.05, 3.63) is 23.9 Å². The Morgan fingerprint density at radius 3 is 2.76 bits per heavy atom. The van der Waals surface area contributed by atoms with Crippen LogP contribution in [0.4, 0.5) is 5.82 Å². The van der Waals surface area contributed by atoms with Crippen molar-refractivity contribution < 1.29 is 9.90 Å². The van der Waals surface area contributed by atoms with Gasteiger partial charge in [0.1, 0.15) is 11.9 Å². The molecule has 17 heavy (non-hydrogen) atoms. The maximum Gasteiger partial charge on any atom is 0.254 e. The average Bonchev–Trinajstić information content (AvgIpc) is 2.28. The fourth-order valence-electron chi connectivity index (χ4n) is 1.26. The second-order valence-electron chi connectivity index (χ2n) is 4.32. The van der Waals surface area contributed by atoms with Gasteiger partial charge in [-0.15, -0.1) is 0 Å². The second-order valence-corrected chi connectivity index (χ2v) is 4.32. The van der Waals surface area contributed by atoms with Crippen LogP contribution in [0.15, 0.2) is 18.3 Å². The third kappa shape index (κ3) is 4.93. The van der Waals surface area contributed by atoms with Gasteiger partial charge < -0.3 is 15.3 Å². The lowest BCUT2D eigenvalue weighted by atomic mass is 10.2. The number of hydrogen-bond acceptors (Lipinski definition) is 4. The van der Waals surface area contributed by atoms with Gasteiger partial charge in [-0.05, 0) is 39.1 Å². The van der Waals surface area contributed by atoms with Gasteiger partial charge in [0, 0.05) is 12.7 Å². The highest BCUT2D eigenvalue weighted by Gasteiger charge is 2.15. The Morgan fingerprint density at radius 2 is 2.24 bits per heavy atom. The predicted molar refractivity (Wildman–Crippen MR) is 66.8 cm³/mol. The van der Waals surface area contributed by atoms with Crippen LogP contribution >= 0.6 is 0 Å². The number of carbonyl (C=O) groups excluding carboxylic acids is 1. The first-order valence-corrected chi connectivity index (χ1v) is 5.55. The number of anilines is 1. The van der Waals surface area contributed by atoms with E-state index in [0.29, 0.717) is 18.8 Å². The molecule has 0 aliphatic rings. The van der Waals surface area contributed by atoms with Gasteiger partial charge in [0.2, 0.25) is 0 Å². The van der Waals surface area contributed by atoms with Crippen LogP contribution in [0.3, 0.4) is 0 Å². The summed E-state index contributed by atoms with van der Waals surface area (Å²) >= 11 is 0. The standard InChI is InChI=1S/C12H19N3O2/c1-9-4-5-11(13-8-9)14-12(17)10(16)6-7-15(2)3/h4-5,8,10,16H,6-7H2,1-3H3,(H,13,14,17). The number of aromatic nitrogens is 1. The number of pyridine rings is 1. The molecule has 2 N–H and O–H groups in total. The Morgan fingerprint density at radius 1 is 1.53 bits per heavy atom. The zero-order chi connectivity index (χ0) is 12.8. The average molecular weight is 237 g/mol. The Bertz CT molecular complexity index is 363. The fraction of sp³-hybridized carbons (Fsp3) is 0.500. The monoisotopic (exact) mass is 237 g/mol. The van der Waals surface area contributed by atoms with Crippen molar-refractivity contribution in [1.29, 1.82) is 0 Å². The molecule has 0 aliphatic carbocycles. The maximum atomic E-state index is 11.6. The van der Waals surface area contributed by atoms with Gasteiger partial charge in [-0.25, -0.2) is 4.98 Å². The SMILES string of the molecule is Cc1ccc(NC(=O)C(O)CCN(C)C)nc1. The van der Waals surface area contributed by atoms with E-state index in [-0.39, 0.29) is 0 Å².